The molecule has 3 rings (SSSR count). The van der Waals surface area contributed by atoms with Crippen LogP contribution in [0.3, 0.4) is 0 Å². The van der Waals surface area contributed by atoms with Crippen LogP contribution in [0.4, 0.5) is 4.39 Å². The predicted octanol–water partition coefficient (Wildman–Crippen LogP) is 4.26. The van der Waals surface area contributed by atoms with Crippen LogP contribution < -0.4 is 0 Å². The monoisotopic (exact) mass is 465 g/mol. The Kier molecular flexibility index (Phi) is 9.40. The van der Waals surface area contributed by atoms with Crippen LogP contribution in [0.25, 0.3) is 0 Å². The maximum atomic E-state index is 14.4. The standard InChI is InChI=1S/C27H32FN3O3/c1-3-34-18-10-17-30(27(33)24-14-7-8-15-25(24)28)21-26(32)31(19-22-11-5-4-6-12-22)20-23-13-9-16-29(23)2/h4-9,11-16H,3,10,17-21H2,1-2H3. The van der Waals surface area contributed by atoms with E-state index in [9.17, 15) is 14.0 Å². The quantitative estimate of drug-likeness (QED) is 0.376. The van der Waals surface area contributed by atoms with Gasteiger partial charge in [-0.15, -0.1) is 0 Å². The van der Waals surface area contributed by atoms with Crippen LogP contribution in [0.15, 0.2) is 72.9 Å². The number of aryl methyl sites for hydroxylation is 1. The summed E-state index contributed by atoms with van der Waals surface area (Å²) in [7, 11) is 1.93. The van der Waals surface area contributed by atoms with Gasteiger partial charge in [-0.1, -0.05) is 42.5 Å². The number of rotatable bonds is 12. The molecular weight excluding hydrogens is 433 g/mol. The van der Waals surface area contributed by atoms with Crippen LogP contribution in [0.1, 0.15) is 35.0 Å². The Morgan fingerprint density at radius 3 is 2.35 bits per heavy atom. The first-order valence-electron chi connectivity index (χ1n) is 11.5. The number of carbonyl (C=O) groups excluding carboxylic acids is 2. The highest BCUT2D eigenvalue weighted by Gasteiger charge is 2.24. The van der Waals surface area contributed by atoms with Crippen molar-refractivity contribution in [1.29, 1.82) is 0 Å². The van der Waals surface area contributed by atoms with E-state index in [4.69, 9.17) is 4.74 Å². The molecule has 0 aliphatic rings. The van der Waals surface area contributed by atoms with Gasteiger partial charge in [0.15, 0.2) is 0 Å². The van der Waals surface area contributed by atoms with E-state index < -0.39 is 11.7 Å². The average molecular weight is 466 g/mol. The van der Waals surface area contributed by atoms with Crippen LogP contribution >= 0.6 is 0 Å². The largest absolute Gasteiger partial charge is 0.382 e. The Balaban J connectivity index is 1.81. The van der Waals surface area contributed by atoms with E-state index in [0.717, 1.165) is 11.3 Å². The normalized spacial score (nSPS) is 10.8. The van der Waals surface area contributed by atoms with Crippen LogP contribution in [0.2, 0.25) is 0 Å². The fraction of sp³-hybridized carbons (Fsp3) is 0.333. The average Bonchev–Trinajstić information content (AvgIpc) is 3.25. The lowest BCUT2D eigenvalue weighted by molar-refractivity contribution is -0.133. The summed E-state index contributed by atoms with van der Waals surface area (Å²) in [6, 6.07) is 19.5. The lowest BCUT2D eigenvalue weighted by Gasteiger charge is -2.28. The number of nitrogens with zero attached hydrogens (tertiary/aromatic N) is 3. The van der Waals surface area contributed by atoms with E-state index in [1.54, 1.807) is 11.0 Å². The molecule has 34 heavy (non-hydrogen) atoms. The van der Waals surface area contributed by atoms with Crippen molar-refractivity contribution in [1.82, 2.24) is 14.4 Å². The highest BCUT2D eigenvalue weighted by molar-refractivity contribution is 5.96. The molecule has 0 aliphatic carbocycles. The first-order chi connectivity index (χ1) is 16.5. The Morgan fingerprint density at radius 2 is 1.68 bits per heavy atom. The molecule has 0 spiro atoms. The zero-order valence-electron chi connectivity index (χ0n) is 19.8. The van der Waals surface area contributed by atoms with Crippen molar-refractivity contribution in [3.05, 3.63) is 95.6 Å². The lowest BCUT2D eigenvalue weighted by Crippen LogP contribution is -2.43. The molecule has 0 saturated carbocycles. The van der Waals surface area contributed by atoms with E-state index >= 15 is 0 Å². The van der Waals surface area contributed by atoms with Crippen molar-refractivity contribution in [2.75, 3.05) is 26.3 Å². The molecule has 7 heteroatoms. The number of amides is 2. The molecule has 2 amide bonds. The van der Waals surface area contributed by atoms with Crippen molar-refractivity contribution in [3.8, 4) is 0 Å². The minimum atomic E-state index is -0.597. The van der Waals surface area contributed by atoms with Gasteiger partial charge in [-0.3, -0.25) is 9.59 Å². The highest BCUT2D eigenvalue weighted by Crippen LogP contribution is 2.14. The fourth-order valence-electron chi connectivity index (χ4n) is 3.71. The van der Waals surface area contributed by atoms with Gasteiger partial charge in [0.1, 0.15) is 12.4 Å². The second-order valence-corrected chi connectivity index (χ2v) is 8.10. The summed E-state index contributed by atoms with van der Waals surface area (Å²) < 4.78 is 21.7. The number of carbonyl (C=O) groups is 2. The number of benzene rings is 2. The predicted molar refractivity (Wildman–Crippen MR) is 130 cm³/mol. The maximum absolute atomic E-state index is 14.4. The first-order valence-corrected chi connectivity index (χ1v) is 11.5. The van der Waals surface area contributed by atoms with Crippen LogP contribution in [0.5, 0.6) is 0 Å². The molecular formula is C27H32FN3O3. The fourth-order valence-corrected chi connectivity index (χ4v) is 3.71. The summed E-state index contributed by atoms with van der Waals surface area (Å²) in [4.78, 5) is 29.8. The van der Waals surface area contributed by atoms with E-state index in [1.807, 2.05) is 67.2 Å². The number of halogens is 1. The third-order valence-electron chi connectivity index (χ3n) is 5.61. The second-order valence-electron chi connectivity index (χ2n) is 8.10. The third kappa shape index (κ3) is 7.02. The molecule has 0 atom stereocenters. The van der Waals surface area contributed by atoms with Crippen molar-refractivity contribution in [2.24, 2.45) is 7.05 Å². The number of ether oxygens (including phenoxy) is 1. The van der Waals surface area contributed by atoms with Gasteiger partial charge in [0, 0.05) is 45.2 Å². The summed E-state index contributed by atoms with van der Waals surface area (Å²) in [6.45, 7) is 3.89. The Labute approximate surface area is 200 Å². The molecule has 0 aliphatic heterocycles. The molecule has 0 saturated heterocycles. The SMILES string of the molecule is CCOCCCN(CC(=O)N(Cc1ccccc1)Cc1cccn1C)C(=O)c1ccccc1F. The minimum Gasteiger partial charge on any atom is -0.382 e. The number of hydrogen-bond donors (Lipinski definition) is 0. The number of hydrogen-bond acceptors (Lipinski definition) is 3. The van der Waals surface area contributed by atoms with Gasteiger partial charge in [-0.25, -0.2) is 4.39 Å². The summed E-state index contributed by atoms with van der Waals surface area (Å²) in [5.41, 5.74) is 1.93. The van der Waals surface area contributed by atoms with E-state index in [1.165, 1.54) is 23.1 Å². The molecule has 1 heterocycles. The third-order valence-corrected chi connectivity index (χ3v) is 5.61. The summed E-state index contributed by atoms with van der Waals surface area (Å²) in [5.74, 6) is -1.30. The molecule has 0 N–H and O–H groups in total. The lowest BCUT2D eigenvalue weighted by atomic mass is 10.1. The second kappa shape index (κ2) is 12.7. The number of aromatic nitrogens is 1. The van der Waals surface area contributed by atoms with Gasteiger partial charge in [0.05, 0.1) is 12.1 Å². The van der Waals surface area contributed by atoms with Gasteiger partial charge in [0.2, 0.25) is 5.91 Å². The highest BCUT2D eigenvalue weighted by atomic mass is 19.1. The molecule has 180 valence electrons. The molecule has 0 fully saturated rings. The van der Waals surface area contributed by atoms with E-state index in [-0.39, 0.29) is 18.0 Å². The summed E-state index contributed by atoms with van der Waals surface area (Å²) in [6.07, 6.45) is 2.49. The minimum absolute atomic E-state index is 0.0382. The molecule has 0 bridgehead atoms. The Morgan fingerprint density at radius 1 is 0.941 bits per heavy atom. The smallest absolute Gasteiger partial charge is 0.257 e. The Bertz CT molecular complexity index is 1070. The summed E-state index contributed by atoms with van der Waals surface area (Å²) >= 11 is 0. The van der Waals surface area contributed by atoms with Crippen LogP contribution in [-0.4, -0.2) is 52.5 Å². The van der Waals surface area contributed by atoms with Gasteiger partial charge in [-0.05, 0) is 43.2 Å². The Hall–Kier alpha value is -3.45. The maximum Gasteiger partial charge on any atom is 0.257 e. The summed E-state index contributed by atoms with van der Waals surface area (Å²) in [5, 5.41) is 0. The molecule has 1 aromatic heterocycles. The van der Waals surface area contributed by atoms with Gasteiger partial charge in [-0.2, -0.15) is 0 Å². The van der Waals surface area contributed by atoms with Crippen LogP contribution in [-0.2, 0) is 29.7 Å². The van der Waals surface area contributed by atoms with Crippen molar-refractivity contribution < 1.29 is 18.7 Å². The van der Waals surface area contributed by atoms with Gasteiger partial charge >= 0.3 is 0 Å². The molecule has 0 radical (unpaired) electrons. The molecule has 3 aromatic rings. The van der Waals surface area contributed by atoms with Crippen molar-refractivity contribution >= 4 is 11.8 Å². The molecule has 2 aromatic carbocycles. The zero-order chi connectivity index (χ0) is 24.3. The first kappa shape index (κ1) is 25.2. The molecule has 6 nitrogen and oxygen atoms in total. The topological polar surface area (TPSA) is 54.8 Å². The van der Waals surface area contributed by atoms with Gasteiger partial charge < -0.3 is 19.1 Å². The molecule has 0 unspecified atom stereocenters. The van der Waals surface area contributed by atoms with Gasteiger partial charge in [0.25, 0.3) is 5.91 Å². The van der Waals surface area contributed by atoms with E-state index in [2.05, 4.69) is 0 Å². The van der Waals surface area contributed by atoms with E-state index in [0.29, 0.717) is 39.3 Å². The zero-order valence-corrected chi connectivity index (χ0v) is 19.8. The van der Waals surface area contributed by atoms with Crippen molar-refractivity contribution in [2.45, 2.75) is 26.4 Å². The van der Waals surface area contributed by atoms with Crippen LogP contribution in [0, 0.1) is 5.82 Å². The van der Waals surface area contributed by atoms with Crippen molar-refractivity contribution in [3.63, 3.8) is 0 Å².